The van der Waals surface area contributed by atoms with Gasteiger partial charge in [0.1, 0.15) is 11.6 Å². The topological polar surface area (TPSA) is 55.9 Å². The average molecular weight is 919 g/mol. The van der Waals surface area contributed by atoms with Gasteiger partial charge in [-0.25, -0.2) is 4.98 Å². The van der Waals surface area contributed by atoms with Crippen LogP contribution in [0.3, 0.4) is 0 Å². The van der Waals surface area contributed by atoms with E-state index in [9.17, 15) is 5.11 Å². The molecule has 0 atom stereocenters. The van der Waals surface area contributed by atoms with E-state index < -0.39 is 0 Å². The molecule has 9 aromatic carbocycles. The molecule has 0 unspecified atom stereocenters. The van der Waals surface area contributed by atoms with Crippen LogP contribution in [0, 0.1) is 0 Å². The van der Waals surface area contributed by atoms with Gasteiger partial charge in [-0.3, -0.25) is 9.55 Å². The summed E-state index contributed by atoms with van der Waals surface area (Å²) < 4.78 is 4.55. The van der Waals surface area contributed by atoms with Crippen LogP contribution >= 0.6 is 0 Å². The van der Waals surface area contributed by atoms with Crippen LogP contribution in [0.5, 0.6) is 5.75 Å². The normalized spacial score (nSPS) is 12.1. The van der Waals surface area contributed by atoms with E-state index in [1.165, 1.54) is 43.7 Å². The fraction of sp³-hybridized carbons (Fsp3) is 0.121. The maximum Gasteiger partial charge on any atom is 0.149 e. The van der Waals surface area contributed by atoms with Crippen LogP contribution in [0.15, 0.2) is 212 Å². The van der Waals surface area contributed by atoms with Crippen molar-refractivity contribution < 1.29 is 5.11 Å². The number of imidazole rings is 1. The molecule has 5 nitrogen and oxygen atoms in total. The molecular weight excluding hydrogens is 865 g/mol. The Labute approximate surface area is 415 Å². The Hall–Kier alpha value is -8.54. The highest BCUT2D eigenvalue weighted by atomic mass is 16.3. The van der Waals surface area contributed by atoms with E-state index in [1.54, 1.807) is 0 Å². The molecular formula is C66H54N4O. The molecule has 0 fully saturated rings. The molecule has 3 heterocycles. The minimum atomic E-state index is -0.131. The number of rotatable bonds is 7. The lowest BCUT2D eigenvalue weighted by Gasteiger charge is -2.26. The monoisotopic (exact) mass is 918 g/mol. The first-order valence-corrected chi connectivity index (χ1v) is 24.5. The van der Waals surface area contributed by atoms with Crippen molar-refractivity contribution >= 4 is 43.6 Å². The molecule has 0 aliphatic rings. The van der Waals surface area contributed by atoms with Crippen LogP contribution in [0.2, 0.25) is 0 Å². The van der Waals surface area contributed by atoms with Crippen molar-refractivity contribution in [1.29, 1.82) is 0 Å². The van der Waals surface area contributed by atoms with Gasteiger partial charge in [-0.05, 0) is 122 Å². The fourth-order valence-electron chi connectivity index (χ4n) is 10.7. The van der Waals surface area contributed by atoms with Crippen molar-refractivity contribution in [3.63, 3.8) is 0 Å². The van der Waals surface area contributed by atoms with Crippen LogP contribution < -0.4 is 0 Å². The second kappa shape index (κ2) is 16.9. The quantitative estimate of drug-likeness (QED) is 0.173. The van der Waals surface area contributed by atoms with Gasteiger partial charge in [-0.15, -0.1) is 0 Å². The molecule has 12 rings (SSSR count). The third-order valence-corrected chi connectivity index (χ3v) is 14.2. The van der Waals surface area contributed by atoms with E-state index in [-0.39, 0.29) is 16.6 Å². The van der Waals surface area contributed by atoms with E-state index in [1.807, 2.05) is 36.5 Å². The van der Waals surface area contributed by atoms with Crippen LogP contribution in [0.1, 0.15) is 52.7 Å². The molecule has 0 spiro atoms. The van der Waals surface area contributed by atoms with Gasteiger partial charge in [0.05, 0.1) is 33.3 Å². The first kappa shape index (κ1) is 43.7. The number of fused-ring (bicyclic) bond motifs is 5. The standard InChI is InChI=1S/C66H54N4O/c1-65(2,3)47-32-34-50-43(39-47)31-35-56(66(4,5)6)61(50)46-30-33-55(60(71)41-46)64-68-62-51(25-17-29-59(62)70(64)49-22-11-8-12-23-49)42-18-15-19-45(38-42)57-40-44(36-37-67-57)52-26-16-27-54-53-24-13-14-28-58(53)69(63(52)54)48-20-9-7-10-21-48/h7-41,71H,1-6H3. The number of pyridine rings is 1. The lowest BCUT2D eigenvalue weighted by atomic mass is 9.78. The number of phenolic OH excluding ortho intramolecular Hbond substituents is 1. The molecule has 0 bridgehead atoms. The van der Waals surface area contributed by atoms with Gasteiger partial charge in [-0.2, -0.15) is 0 Å². The van der Waals surface area contributed by atoms with E-state index >= 15 is 0 Å². The molecule has 344 valence electrons. The highest BCUT2D eigenvalue weighted by molar-refractivity contribution is 6.14. The Morgan fingerprint density at radius 2 is 1.10 bits per heavy atom. The molecule has 12 aromatic rings. The van der Waals surface area contributed by atoms with Crippen molar-refractivity contribution in [3.05, 3.63) is 224 Å². The van der Waals surface area contributed by atoms with Gasteiger partial charge in [0.2, 0.25) is 0 Å². The Morgan fingerprint density at radius 1 is 0.437 bits per heavy atom. The summed E-state index contributed by atoms with van der Waals surface area (Å²) in [7, 11) is 0. The Balaban J connectivity index is 0.973. The van der Waals surface area contributed by atoms with Crippen LogP contribution in [-0.2, 0) is 10.8 Å². The van der Waals surface area contributed by atoms with E-state index in [0.717, 1.165) is 67.0 Å². The lowest BCUT2D eigenvalue weighted by Crippen LogP contribution is -2.14. The minimum Gasteiger partial charge on any atom is -0.507 e. The zero-order valence-corrected chi connectivity index (χ0v) is 40.9. The molecule has 0 aliphatic carbocycles. The van der Waals surface area contributed by atoms with Crippen LogP contribution in [-0.4, -0.2) is 24.2 Å². The summed E-state index contributed by atoms with van der Waals surface area (Å²) in [6, 6.07) is 73.0. The second-order valence-electron chi connectivity index (χ2n) is 20.8. The smallest absolute Gasteiger partial charge is 0.149 e. The van der Waals surface area contributed by atoms with Gasteiger partial charge in [0, 0.05) is 45.0 Å². The maximum absolute atomic E-state index is 12.3. The number of benzene rings is 9. The summed E-state index contributed by atoms with van der Waals surface area (Å²) in [6.45, 7) is 13.5. The number of nitrogens with zero attached hydrogens (tertiary/aromatic N) is 4. The summed E-state index contributed by atoms with van der Waals surface area (Å²) in [4.78, 5) is 10.4. The predicted molar refractivity (Wildman–Crippen MR) is 297 cm³/mol. The van der Waals surface area contributed by atoms with Gasteiger partial charge in [-0.1, -0.05) is 181 Å². The van der Waals surface area contributed by atoms with Crippen LogP contribution in [0.4, 0.5) is 0 Å². The largest absolute Gasteiger partial charge is 0.507 e. The number of aromatic nitrogens is 4. The molecule has 0 saturated carbocycles. The van der Waals surface area contributed by atoms with Gasteiger partial charge in [0.25, 0.3) is 0 Å². The lowest BCUT2D eigenvalue weighted by molar-refractivity contribution is 0.477. The molecule has 71 heavy (non-hydrogen) atoms. The molecule has 0 amide bonds. The summed E-state index contributed by atoms with van der Waals surface area (Å²) in [5, 5.41) is 17.1. The maximum atomic E-state index is 12.3. The van der Waals surface area contributed by atoms with Crippen molar-refractivity contribution in [1.82, 2.24) is 19.1 Å². The molecule has 0 aliphatic heterocycles. The van der Waals surface area contributed by atoms with Crippen molar-refractivity contribution in [2.75, 3.05) is 0 Å². The number of hydrogen-bond acceptors (Lipinski definition) is 3. The summed E-state index contributed by atoms with van der Waals surface area (Å²) in [5.41, 5.74) is 17.5. The Bertz CT molecular complexity index is 4020. The van der Waals surface area contributed by atoms with Gasteiger partial charge in [0.15, 0.2) is 0 Å². The van der Waals surface area contributed by atoms with Crippen molar-refractivity contribution in [2.24, 2.45) is 0 Å². The summed E-state index contributed by atoms with van der Waals surface area (Å²) in [6.07, 6.45) is 1.92. The van der Waals surface area contributed by atoms with E-state index in [4.69, 9.17) is 9.97 Å². The zero-order chi connectivity index (χ0) is 48.6. The second-order valence-corrected chi connectivity index (χ2v) is 20.8. The van der Waals surface area contributed by atoms with Gasteiger partial charge < -0.3 is 9.67 Å². The zero-order valence-electron chi connectivity index (χ0n) is 40.9. The third-order valence-electron chi connectivity index (χ3n) is 14.2. The first-order chi connectivity index (χ1) is 34.4. The molecule has 1 N–H and O–H groups in total. The third kappa shape index (κ3) is 7.57. The molecule has 0 saturated heterocycles. The summed E-state index contributed by atoms with van der Waals surface area (Å²) in [5.74, 6) is 0.839. The summed E-state index contributed by atoms with van der Waals surface area (Å²) >= 11 is 0. The first-order valence-electron chi connectivity index (χ1n) is 24.5. The molecule has 5 heteroatoms. The van der Waals surface area contributed by atoms with Crippen molar-refractivity contribution in [2.45, 2.75) is 52.4 Å². The van der Waals surface area contributed by atoms with Crippen LogP contribution in [0.25, 0.3) is 111 Å². The Kier molecular flexibility index (Phi) is 10.4. The van der Waals surface area contributed by atoms with E-state index in [0.29, 0.717) is 11.4 Å². The minimum absolute atomic E-state index is 0.0247. The molecule has 3 aromatic heterocycles. The SMILES string of the molecule is CC(C)(C)c1ccc2c(-c3ccc(-c4nc5c(-c6cccc(-c7cc(-c8cccc9c%10ccccc%10n(-c%10ccccc%10)c89)ccn7)c6)cccc5n4-c4ccccc4)c(O)c3)c(C(C)(C)C)ccc2c1. The predicted octanol–water partition coefficient (Wildman–Crippen LogP) is 17.3. The average Bonchev–Trinajstić information content (AvgIpc) is 3.95. The number of hydrogen-bond donors (Lipinski definition) is 1. The number of phenols is 1. The highest BCUT2D eigenvalue weighted by Crippen LogP contribution is 2.45. The number of para-hydroxylation sites is 5. The highest BCUT2D eigenvalue weighted by Gasteiger charge is 2.25. The Morgan fingerprint density at radius 3 is 1.86 bits per heavy atom. The molecule has 0 radical (unpaired) electrons. The van der Waals surface area contributed by atoms with E-state index in [2.05, 4.69) is 227 Å². The number of aromatic hydroxyl groups is 1. The van der Waals surface area contributed by atoms with Gasteiger partial charge >= 0.3 is 0 Å². The fourth-order valence-corrected chi connectivity index (χ4v) is 10.7. The van der Waals surface area contributed by atoms with Crippen molar-refractivity contribution in [3.8, 4) is 73.2 Å².